The topological polar surface area (TPSA) is 75.2 Å². The van der Waals surface area contributed by atoms with Gasteiger partial charge >= 0.3 is 0 Å². The molecular formula is C21H26N4O2S. The lowest BCUT2D eigenvalue weighted by atomic mass is 10.0. The van der Waals surface area contributed by atoms with Crippen molar-refractivity contribution in [2.24, 2.45) is 0 Å². The van der Waals surface area contributed by atoms with E-state index in [1.165, 1.54) is 27.6 Å². The Kier molecular flexibility index (Phi) is 6.81. The second-order valence-electron chi connectivity index (χ2n) is 6.79. The lowest BCUT2D eigenvalue weighted by molar-refractivity contribution is 0.291. The predicted octanol–water partition coefficient (Wildman–Crippen LogP) is 4.17. The van der Waals surface area contributed by atoms with E-state index in [1.54, 1.807) is 0 Å². The SMILES string of the molecule is Cc1ccc(OCCSc2nnc(COc3ccc(C(C)C)cc3)n2N)cc1. The van der Waals surface area contributed by atoms with Crippen LogP contribution in [0.25, 0.3) is 0 Å². The van der Waals surface area contributed by atoms with Crippen LogP contribution in [0.4, 0.5) is 0 Å². The number of nitrogens with zero attached hydrogens (tertiary/aromatic N) is 3. The van der Waals surface area contributed by atoms with E-state index < -0.39 is 0 Å². The Morgan fingerprint density at radius 2 is 1.61 bits per heavy atom. The monoisotopic (exact) mass is 398 g/mol. The van der Waals surface area contributed by atoms with Crippen LogP contribution in [-0.4, -0.2) is 27.2 Å². The molecule has 1 aromatic heterocycles. The van der Waals surface area contributed by atoms with Gasteiger partial charge in [0.25, 0.3) is 0 Å². The first-order valence-electron chi connectivity index (χ1n) is 9.27. The van der Waals surface area contributed by atoms with Crippen LogP contribution in [0, 0.1) is 6.92 Å². The Labute approximate surface area is 170 Å². The van der Waals surface area contributed by atoms with Crippen LogP contribution in [-0.2, 0) is 6.61 Å². The van der Waals surface area contributed by atoms with Crippen molar-refractivity contribution in [2.75, 3.05) is 18.2 Å². The van der Waals surface area contributed by atoms with Crippen LogP contribution in [0.15, 0.2) is 53.7 Å². The van der Waals surface area contributed by atoms with Crippen molar-refractivity contribution in [1.29, 1.82) is 0 Å². The van der Waals surface area contributed by atoms with Crippen molar-refractivity contribution >= 4 is 11.8 Å². The number of rotatable bonds is 9. The van der Waals surface area contributed by atoms with E-state index in [1.807, 2.05) is 36.4 Å². The largest absolute Gasteiger partial charge is 0.493 e. The van der Waals surface area contributed by atoms with Gasteiger partial charge in [0.15, 0.2) is 5.82 Å². The van der Waals surface area contributed by atoms with Crippen molar-refractivity contribution in [3.8, 4) is 11.5 Å². The molecule has 28 heavy (non-hydrogen) atoms. The minimum Gasteiger partial charge on any atom is -0.493 e. The van der Waals surface area contributed by atoms with Gasteiger partial charge in [0.2, 0.25) is 5.16 Å². The molecule has 1 heterocycles. The van der Waals surface area contributed by atoms with Gasteiger partial charge in [-0.1, -0.05) is 55.4 Å². The molecule has 0 saturated heterocycles. The molecule has 0 aliphatic carbocycles. The lowest BCUT2D eigenvalue weighted by Crippen LogP contribution is -2.16. The first kappa shape index (κ1) is 20.1. The molecule has 0 bridgehead atoms. The maximum atomic E-state index is 6.09. The van der Waals surface area contributed by atoms with Crippen LogP contribution in [0.5, 0.6) is 11.5 Å². The minimum absolute atomic E-state index is 0.269. The van der Waals surface area contributed by atoms with Gasteiger partial charge in [-0.3, -0.25) is 0 Å². The fraction of sp³-hybridized carbons (Fsp3) is 0.333. The third kappa shape index (κ3) is 5.42. The molecule has 0 aliphatic heterocycles. The number of hydrogen-bond acceptors (Lipinski definition) is 6. The molecule has 7 heteroatoms. The Morgan fingerprint density at radius 3 is 2.29 bits per heavy atom. The first-order chi connectivity index (χ1) is 13.5. The van der Waals surface area contributed by atoms with E-state index in [-0.39, 0.29) is 6.61 Å². The zero-order valence-electron chi connectivity index (χ0n) is 16.5. The van der Waals surface area contributed by atoms with Gasteiger partial charge in [-0.15, -0.1) is 10.2 Å². The van der Waals surface area contributed by atoms with Crippen LogP contribution < -0.4 is 15.3 Å². The van der Waals surface area contributed by atoms with E-state index >= 15 is 0 Å². The van der Waals surface area contributed by atoms with Crippen LogP contribution in [0.1, 0.15) is 36.7 Å². The van der Waals surface area contributed by atoms with E-state index in [2.05, 4.69) is 43.1 Å². The number of aryl methyl sites for hydroxylation is 1. The Hall–Kier alpha value is -2.67. The summed E-state index contributed by atoms with van der Waals surface area (Å²) < 4.78 is 13.0. The van der Waals surface area contributed by atoms with Crippen molar-refractivity contribution < 1.29 is 9.47 Å². The molecule has 0 unspecified atom stereocenters. The summed E-state index contributed by atoms with van der Waals surface area (Å²) in [5.74, 6) is 9.53. The van der Waals surface area contributed by atoms with Crippen LogP contribution >= 0.6 is 11.8 Å². The zero-order valence-corrected chi connectivity index (χ0v) is 17.3. The summed E-state index contributed by atoms with van der Waals surface area (Å²) in [4.78, 5) is 0. The van der Waals surface area contributed by atoms with E-state index in [0.717, 1.165) is 17.3 Å². The first-order valence-corrected chi connectivity index (χ1v) is 10.3. The molecule has 0 saturated carbocycles. The summed E-state index contributed by atoms with van der Waals surface area (Å²) in [6, 6.07) is 16.1. The third-order valence-corrected chi connectivity index (χ3v) is 5.16. The number of thioether (sulfide) groups is 1. The highest BCUT2D eigenvalue weighted by atomic mass is 32.2. The maximum absolute atomic E-state index is 6.09. The number of nitrogens with two attached hydrogens (primary N) is 1. The molecule has 3 aromatic rings. The summed E-state index contributed by atoms with van der Waals surface area (Å²) in [6.45, 7) is 7.21. The van der Waals surface area contributed by atoms with Crippen molar-refractivity contribution in [2.45, 2.75) is 38.5 Å². The zero-order chi connectivity index (χ0) is 19.9. The predicted molar refractivity (Wildman–Crippen MR) is 112 cm³/mol. The molecule has 3 rings (SSSR count). The molecule has 0 fully saturated rings. The molecule has 0 spiro atoms. The summed E-state index contributed by atoms with van der Waals surface area (Å²) in [7, 11) is 0. The molecule has 0 amide bonds. The summed E-state index contributed by atoms with van der Waals surface area (Å²) in [5.41, 5.74) is 2.49. The molecule has 0 atom stereocenters. The molecule has 2 aromatic carbocycles. The van der Waals surface area contributed by atoms with E-state index in [9.17, 15) is 0 Å². The fourth-order valence-corrected chi connectivity index (χ4v) is 3.22. The molecular weight excluding hydrogens is 372 g/mol. The van der Waals surface area contributed by atoms with Gasteiger partial charge < -0.3 is 15.3 Å². The highest BCUT2D eigenvalue weighted by Crippen LogP contribution is 2.20. The van der Waals surface area contributed by atoms with Gasteiger partial charge in [-0.05, 0) is 42.7 Å². The highest BCUT2D eigenvalue weighted by Gasteiger charge is 2.11. The third-order valence-electron chi connectivity index (χ3n) is 4.25. The van der Waals surface area contributed by atoms with Gasteiger partial charge in [-0.2, -0.15) is 0 Å². The van der Waals surface area contributed by atoms with Crippen molar-refractivity contribution in [1.82, 2.24) is 14.9 Å². The number of aromatic nitrogens is 3. The minimum atomic E-state index is 0.269. The average Bonchev–Trinajstić information content (AvgIpc) is 3.05. The maximum Gasteiger partial charge on any atom is 0.210 e. The highest BCUT2D eigenvalue weighted by molar-refractivity contribution is 7.99. The van der Waals surface area contributed by atoms with Crippen LogP contribution in [0.2, 0.25) is 0 Å². The molecule has 6 nitrogen and oxygen atoms in total. The van der Waals surface area contributed by atoms with E-state index in [4.69, 9.17) is 15.3 Å². The summed E-state index contributed by atoms with van der Waals surface area (Å²) >= 11 is 1.50. The second-order valence-corrected chi connectivity index (χ2v) is 7.85. The fourth-order valence-electron chi connectivity index (χ4n) is 2.53. The van der Waals surface area contributed by atoms with Crippen molar-refractivity contribution in [3.63, 3.8) is 0 Å². The summed E-state index contributed by atoms with van der Waals surface area (Å²) in [6.07, 6.45) is 0. The number of hydrogen-bond donors (Lipinski definition) is 1. The van der Waals surface area contributed by atoms with Gasteiger partial charge in [0.1, 0.15) is 18.1 Å². The van der Waals surface area contributed by atoms with Gasteiger partial charge in [0, 0.05) is 5.75 Å². The number of benzene rings is 2. The molecule has 148 valence electrons. The van der Waals surface area contributed by atoms with E-state index in [0.29, 0.717) is 23.5 Å². The normalized spacial score (nSPS) is 11.0. The smallest absolute Gasteiger partial charge is 0.210 e. The Morgan fingerprint density at radius 1 is 0.964 bits per heavy atom. The van der Waals surface area contributed by atoms with Gasteiger partial charge in [0.05, 0.1) is 6.61 Å². The van der Waals surface area contributed by atoms with Gasteiger partial charge in [-0.25, -0.2) is 4.68 Å². The standard InChI is InChI=1S/C21H26N4O2S/c1-15(2)17-6-10-19(11-7-17)27-14-20-23-24-21(25(20)22)28-13-12-26-18-8-4-16(3)5-9-18/h4-11,15H,12-14,22H2,1-3H3. The second kappa shape index (κ2) is 9.50. The quantitative estimate of drug-likeness (QED) is 0.331. The summed E-state index contributed by atoms with van der Waals surface area (Å²) in [5, 5.41) is 8.90. The molecule has 0 radical (unpaired) electrons. The molecule has 0 aliphatic rings. The number of ether oxygens (including phenoxy) is 2. The van der Waals surface area contributed by atoms with Crippen LogP contribution in [0.3, 0.4) is 0 Å². The van der Waals surface area contributed by atoms with Crippen molar-refractivity contribution in [3.05, 3.63) is 65.5 Å². The average molecular weight is 399 g/mol. The lowest BCUT2D eigenvalue weighted by Gasteiger charge is -2.09. The Bertz CT molecular complexity index is 876. The Balaban J connectivity index is 1.46. The number of nitrogen functional groups attached to an aromatic ring is 1. The molecule has 2 N–H and O–H groups in total.